The van der Waals surface area contributed by atoms with Gasteiger partial charge in [-0.15, -0.1) is 0 Å². The van der Waals surface area contributed by atoms with Crippen molar-refractivity contribution in [3.05, 3.63) is 36.2 Å². The average Bonchev–Trinajstić information content (AvgIpc) is 2.97. The van der Waals surface area contributed by atoms with E-state index in [1.165, 1.54) is 11.8 Å². The van der Waals surface area contributed by atoms with Gasteiger partial charge in [0.25, 0.3) is 0 Å². The number of rotatable bonds is 7. The van der Waals surface area contributed by atoms with Crippen LogP contribution in [0.1, 0.15) is 5.56 Å². The molecule has 0 atom stereocenters. The maximum atomic E-state index is 12.2. The number of imidazole rings is 1. The highest BCUT2D eigenvalue weighted by atomic mass is 32.2. The van der Waals surface area contributed by atoms with E-state index < -0.39 is 0 Å². The fraction of sp³-hybridized carbons (Fsp3) is 0.375. The van der Waals surface area contributed by atoms with E-state index in [4.69, 9.17) is 9.47 Å². The van der Waals surface area contributed by atoms with E-state index in [2.05, 4.69) is 4.98 Å². The van der Waals surface area contributed by atoms with Crippen LogP contribution in [-0.4, -0.2) is 47.4 Å². The van der Waals surface area contributed by atoms with Gasteiger partial charge >= 0.3 is 0 Å². The number of thioether (sulfide) groups is 1. The molecular formula is C16H21N3O3S. The zero-order valence-corrected chi connectivity index (χ0v) is 14.6. The summed E-state index contributed by atoms with van der Waals surface area (Å²) < 4.78 is 12.4. The van der Waals surface area contributed by atoms with Crippen molar-refractivity contribution in [3.63, 3.8) is 0 Å². The van der Waals surface area contributed by atoms with Crippen molar-refractivity contribution in [1.82, 2.24) is 14.5 Å². The molecule has 0 saturated heterocycles. The normalized spacial score (nSPS) is 10.4. The van der Waals surface area contributed by atoms with E-state index >= 15 is 0 Å². The molecule has 1 aromatic carbocycles. The van der Waals surface area contributed by atoms with Crippen LogP contribution < -0.4 is 9.47 Å². The zero-order chi connectivity index (χ0) is 16.8. The number of methoxy groups -OCH3 is 2. The van der Waals surface area contributed by atoms with Crippen LogP contribution in [0.25, 0.3) is 0 Å². The lowest BCUT2D eigenvalue weighted by atomic mass is 10.2. The van der Waals surface area contributed by atoms with Crippen molar-refractivity contribution in [3.8, 4) is 11.5 Å². The molecular weight excluding hydrogens is 314 g/mol. The molecule has 2 aromatic rings. The molecule has 0 radical (unpaired) electrons. The first-order valence-corrected chi connectivity index (χ1v) is 8.08. The smallest absolute Gasteiger partial charge is 0.233 e. The second-order valence-corrected chi connectivity index (χ2v) is 5.99. The second-order valence-electron chi connectivity index (χ2n) is 5.05. The molecule has 1 heterocycles. The van der Waals surface area contributed by atoms with E-state index in [1.807, 2.05) is 36.0 Å². The molecule has 0 unspecified atom stereocenters. The molecule has 23 heavy (non-hydrogen) atoms. The fourth-order valence-corrected chi connectivity index (χ4v) is 2.94. The molecule has 0 bridgehead atoms. The predicted octanol–water partition coefficient (Wildman–Crippen LogP) is 2.19. The van der Waals surface area contributed by atoms with Gasteiger partial charge in [0.15, 0.2) is 16.7 Å². The summed E-state index contributed by atoms with van der Waals surface area (Å²) in [5.41, 5.74) is 0.987. The molecule has 0 N–H and O–H groups in total. The van der Waals surface area contributed by atoms with Gasteiger partial charge in [0, 0.05) is 33.0 Å². The molecule has 0 saturated carbocycles. The van der Waals surface area contributed by atoms with Gasteiger partial charge in [-0.25, -0.2) is 4.98 Å². The van der Waals surface area contributed by atoms with E-state index in [0.717, 1.165) is 10.7 Å². The Morgan fingerprint density at radius 3 is 2.65 bits per heavy atom. The largest absolute Gasteiger partial charge is 0.493 e. The Kier molecular flexibility index (Phi) is 5.92. The van der Waals surface area contributed by atoms with E-state index in [-0.39, 0.29) is 5.91 Å². The van der Waals surface area contributed by atoms with Crippen LogP contribution in [0.15, 0.2) is 35.7 Å². The standard InChI is InChI=1S/C16H21N3O3S/c1-18-8-7-17-16(18)23-11-15(20)19(2)10-12-5-6-13(21-3)14(9-12)22-4/h5-9H,10-11H2,1-4H3. The minimum Gasteiger partial charge on any atom is -0.493 e. The van der Waals surface area contributed by atoms with E-state index in [0.29, 0.717) is 23.8 Å². The molecule has 6 nitrogen and oxygen atoms in total. The highest BCUT2D eigenvalue weighted by Crippen LogP contribution is 2.28. The summed E-state index contributed by atoms with van der Waals surface area (Å²) >= 11 is 1.43. The fourth-order valence-electron chi connectivity index (χ4n) is 2.07. The van der Waals surface area contributed by atoms with Crippen LogP contribution in [0.3, 0.4) is 0 Å². The van der Waals surface area contributed by atoms with Gasteiger partial charge < -0.3 is 18.9 Å². The lowest BCUT2D eigenvalue weighted by Crippen LogP contribution is -2.27. The number of nitrogens with zero attached hydrogens (tertiary/aromatic N) is 3. The maximum absolute atomic E-state index is 12.2. The van der Waals surface area contributed by atoms with Crippen molar-refractivity contribution in [1.29, 1.82) is 0 Å². The predicted molar refractivity (Wildman–Crippen MR) is 90.0 cm³/mol. The number of carbonyl (C=O) groups is 1. The second kappa shape index (κ2) is 7.92. The molecule has 0 fully saturated rings. The summed E-state index contributed by atoms with van der Waals surface area (Å²) in [6.07, 6.45) is 3.58. The Bertz CT molecular complexity index is 672. The first kappa shape index (κ1) is 17.2. The number of benzene rings is 1. The average molecular weight is 335 g/mol. The number of amides is 1. The minimum atomic E-state index is 0.0489. The third kappa shape index (κ3) is 4.41. The van der Waals surface area contributed by atoms with Gasteiger partial charge in [0.1, 0.15) is 0 Å². The van der Waals surface area contributed by atoms with E-state index in [1.54, 1.807) is 32.4 Å². The first-order valence-electron chi connectivity index (χ1n) is 7.10. The van der Waals surface area contributed by atoms with Crippen molar-refractivity contribution in [2.24, 2.45) is 7.05 Å². The third-order valence-corrected chi connectivity index (χ3v) is 4.44. The van der Waals surface area contributed by atoms with Gasteiger partial charge in [0.05, 0.1) is 20.0 Å². The summed E-state index contributed by atoms with van der Waals surface area (Å²) in [6, 6.07) is 5.65. The summed E-state index contributed by atoms with van der Waals surface area (Å²) in [4.78, 5) is 18.1. The zero-order valence-electron chi connectivity index (χ0n) is 13.8. The monoisotopic (exact) mass is 335 g/mol. The van der Waals surface area contributed by atoms with Gasteiger partial charge in [0.2, 0.25) is 5.91 Å². The number of hydrogen-bond donors (Lipinski definition) is 0. The summed E-state index contributed by atoms with van der Waals surface area (Å²) in [7, 11) is 6.90. The van der Waals surface area contributed by atoms with Crippen molar-refractivity contribution in [2.75, 3.05) is 27.0 Å². The quantitative estimate of drug-likeness (QED) is 0.726. The molecule has 0 aliphatic rings. The Morgan fingerprint density at radius 2 is 2.04 bits per heavy atom. The molecule has 0 aliphatic heterocycles. The van der Waals surface area contributed by atoms with Crippen molar-refractivity contribution < 1.29 is 14.3 Å². The molecule has 0 aliphatic carbocycles. The number of aryl methyl sites for hydroxylation is 1. The molecule has 124 valence electrons. The van der Waals surface area contributed by atoms with Crippen LogP contribution in [-0.2, 0) is 18.4 Å². The minimum absolute atomic E-state index is 0.0489. The lowest BCUT2D eigenvalue weighted by Gasteiger charge is -2.18. The Morgan fingerprint density at radius 1 is 1.30 bits per heavy atom. The SMILES string of the molecule is COc1ccc(CN(C)C(=O)CSc2nccn2C)cc1OC. The molecule has 2 rings (SSSR count). The maximum Gasteiger partial charge on any atom is 0.233 e. The molecule has 1 aromatic heterocycles. The molecule has 1 amide bonds. The van der Waals surface area contributed by atoms with Crippen molar-refractivity contribution >= 4 is 17.7 Å². The summed E-state index contributed by atoms with van der Waals surface area (Å²) in [5.74, 6) is 1.74. The van der Waals surface area contributed by atoms with Crippen LogP contribution in [0, 0.1) is 0 Å². The highest BCUT2D eigenvalue weighted by molar-refractivity contribution is 7.99. The van der Waals surface area contributed by atoms with Gasteiger partial charge in [-0.1, -0.05) is 17.8 Å². The lowest BCUT2D eigenvalue weighted by molar-refractivity contribution is -0.127. The highest BCUT2D eigenvalue weighted by Gasteiger charge is 2.13. The van der Waals surface area contributed by atoms with Crippen molar-refractivity contribution in [2.45, 2.75) is 11.7 Å². The number of ether oxygens (including phenoxy) is 2. The third-order valence-electron chi connectivity index (χ3n) is 3.40. The number of hydrogen-bond acceptors (Lipinski definition) is 5. The summed E-state index contributed by atoms with van der Waals surface area (Å²) in [5, 5.41) is 0.831. The summed E-state index contributed by atoms with van der Waals surface area (Å²) in [6.45, 7) is 0.514. The van der Waals surface area contributed by atoms with E-state index in [9.17, 15) is 4.79 Å². The number of carbonyl (C=O) groups excluding carboxylic acids is 1. The Balaban J connectivity index is 1.94. The van der Waals surface area contributed by atoms with Gasteiger partial charge in [-0.3, -0.25) is 4.79 Å². The van der Waals surface area contributed by atoms with Crippen LogP contribution in [0.4, 0.5) is 0 Å². The van der Waals surface area contributed by atoms with Crippen LogP contribution in [0.2, 0.25) is 0 Å². The molecule has 7 heteroatoms. The van der Waals surface area contributed by atoms with Gasteiger partial charge in [-0.2, -0.15) is 0 Å². The van der Waals surface area contributed by atoms with Gasteiger partial charge in [-0.05, 0) is 17.7 Å². The first-order chi connectivity index (χ1) is 11.0. The van der Waals surface area contributed by atoms with Crippen LogP contribution in [0.5, 0.6) is 11.5 Å². The topological polar surface area (TPSA) is 56.6 Å². The Labute approximate surface area is 140 Å². The molecule has 0 spiro atoms. The number of aromatic nitrogens is 2. The Hall–Kier alpha value is -2.15. The van der Waals surface area contributed by atoms with Crippen LogP contribution >= 0.6 is 11.8 Å².